The molecule has 0 saturated heterocycles. The van der Waals surface area contributed by atoms with E-state index in [1.54, 1.807) is 6.07 Å². The fourth-order valence-electron chi connectivity index (χ4n) is 1.90. The van der Waals surface area contributed by atoms with Crippen molar-refractivity contribution in [2.45, 2.75) is 25.8 Å². The molecule has 0 N–H and O–H groups in total. The van der Waals surface area contributed by atoms with Gasteiger partial charge in [-0.25, -0.2) is 4.39 Å². The zero-order valence-electron chi connectivity index (χ0n) is 11.0. The number of rotatable bonds is 4. The van der Waals surface area contributed by atoms with Gasteiger partial charge in [0.05, 0.1) is 0 Å². The number of alkyl halides is 1. The van der Waals surface area contributed by atoms with Crippen molar-refractivity contribution in [3.8, 4) is 5.75 Å². The fourth-order valence-corrected chi connectivity index (χ4v) is 2.34. The van der Waals surface area contributed by atoms with E-state index in [0.717, 1.165) is 16.9 Å². The van der Waals surface area contributed by atoms with Crippen LogP contribution in [0, 0.1) is 19.7 Å². The second-order valence-corrected chi connectivity index (χ2v) is 5.17. The summed E-state index contributed by atoms with van der Waals surface area (Å²) in [5, 5.41) is 0.576. The van der Waals surface area contributed by atoms with Gasteiger partial charge >= 0.3 is 0 Å². The van der Waals surface area contributed by atoms with Crippen LogP contribution >= 0.6 is 15.9 Å². The Bertz CT molecular complexity index is 581. The van der Waals surface area contributed by atoms with Crippen LogP contribution in [0.25, 0.3) is 0 Å². The highest BCUT2D eigenvalue weighted by Gasteiger charge is 2.06. The van der Waals surface area contributed by atoms with E-state index in [2.05, 4.69) is 48.0 Å². The first kappa shape index (κ1) is 14.1. The Morgan fingerprint density at radius 1 is 1.05 bits per heavy atom. The van der Waals surface area contributed by atoms with E-state index in [-0.39, 0.29) is 5.82 Å². The maximum Gasteiger partial charge on any atom is 0.124 e. The maximum absolute atomic E-state index is 13.1. The molecule has 19 heavy (non-hydrogen) atoms. The molecule has 0 spiro atoms. The van der Waals surface area contributed by atoms with E-state index < -0.39 is 0 Å². The molecule has 0 aliphatic carbocycles. The molecule has 0 bridgehead atoms. The van der Waals surface area contributed by atoms with Gasteiger partial charge in [-0.2, -0.15) is 0 Å². The molecule has 1 nitrogen and oxygen atoms in total. The molecule has 2 aromatic carbocycles. The van der Waals surface area contributed by atoms with Crippen LogP contribution in [0.2, 0.25) is 0 Å². The third-order valence-electron chi connectivity index (χ3n) is 3.05. The van der Waals surface area contributed by atoms with Crippen LogP contribution in [-0.4, -0.2) is 0 Å². The van der Waals surface area contributed by atoms with E-state index in [1.165, 1.54) is 23.3 Å². The average Bonchev–Trinajstić information content (AvgIpc) is 2.40. The van der Waals surface area contributed by atoms with Crippen molar-refractivity contribution < 1.29 is 9.13 Å². The van der Waals surface area contributed by atoms with Crippen LogP contribution in [-0.2, 0) is 11.9 Å². The molecule has 0 aliphatic heterocycles. The molecular formula is C16H16BrFO. The van der Waals surface area contributed by atoms with Gasteiger partial charge in [0.1, 0.15) is 18.2 Å². The van der Waals surface area contributed by atoms with Crippen molar-refractivity contribution >= 4 is 15.9 Å². The Morgan fingerprint density at radius 2 is 1.84 bits per heavy atom. The first-order valence-electron chi connectivity index (χ1n) is 6.13. The topological polar surface area (TPSA) is 9.23 Å². The van der Waals surface area contributed by atoms with Gasteiger partial charge < -0.3 is 4.74 Å². The zero-order chi connectivity index (χ0) is 13.8. The lowest BCUT2D eigenvalue weighted by Gasteiger charge is -2.12. The molecule has 2 aromatic rings. The minimum atomic E-state index is -0.242. The van der Waals surface area contributed by atoms with Crippen molar-refractivity contribution in [3.63, 3.8) is 0 Å². The number of hydrogen-bond acceptors (Lipinski definition) is 1. The standard InChI is InChI=1S/C16H16BrFO/c1-11-3-4-12(2)14(7-11)10-19-16-6-5-15(18)8-13(16)9-17/h3-8H,9-10H2,1-2H3. The van der Waals surface area contributed by atoms with E-state index >= 15 is 0 Å². The number of halogens is 2. The van der Waals surface area contributed by atoms with Crippen molar-refractivity contribution in [3.05, 3.63) is 64.5 Å². The molecule has 0 aliphatic rings. The first-order chi connectivity index (χ1) is 9.10. The lowest BCUT2D eigenvalue weighted by atomic mass is 10.1. The first-order valence-corrected chi connectivity index (χ1v) is 7.25. The number of hydrogen-bond donors (Lipinski definition) is 0. The molecule has 0 radical (unpaired) electrons. The van der Waals surface area contributed by atoms with Crippen molar-refractivity contribution in [2.24, 2.45) is 0 Å². The maximum atomic E-state index is 13.1. The lowest BCUT2D eigenvalue weighted by Crippen LogP contribution is -2.00. The summed E-state index contributed by atoms with van der Waals surface area (Å²) >= 11 is 3.35. The van der Waals surface area contributed by atoms with Crippen LogP contribution in [0.15, 0.2) is 36.4 Å². The highest BCUT2D eigenvalue weighted by molar-refractivity contribution is 9.08. The van der Waals surface area contributed by atoms with Gasteiger partial charge in [-0.1, -0.05) is 39.7 Å². The summed E-state index contributed by atoms with van der Waals surface area (Å²) in [5.74, 6) is 0.479. The smallest absolute Gasteiger partial charge is 0.124 e. The van der Waals surface area contributed by atoms with E-state index in [1.807, 2.05) is 0 Å². The van der Waals surface area contributed by atoms with Crippen LogP contribution in [0.3, 0.4) is 0 Å². The number of aryl methyl sites for hydroxylation is 2. The Balaban J connectivity index is 2.16. The normalized spacial score (nSPS) is 10.5. The second kappa shape index (κ2) is 6.20. The van der Waals surface area contributed by atoms with Crippen molar-refractivity contribution in [1.29, 1.82) is 0 Å². The van der Waals surface area contributed by atoms with Gasteiger partial charge in [-0.3, -0.25) is 0 Å². The largest absolute Gasteiger partial charge is 0.489 e. The van der Waals surface area contributed by atoms with Gasteiger partial charge in [0.15, 0.2) is 0 Å². The fraction of sp³-hybridized carbons (Fsp3) is 0.250. The van der Waals surface area contributed by atoms with Crippen LogP contribution in [0.4, 0.5) is 4.39 Å². The average molecular weight is 323 g/mol. The Labute approximate surface area is 121 Å². The molecular weight excluding hydrogens is 307 g/mol. The van der Waals surface area contributed by atoms with Gasteiger partial charge in [0, 0.05) is 10.9 Å². The number of ether oxygens (including phenoxy) is 1. The summed E-state index contributed by atoms with van der Waals surface area (Å²) in [6.07, 6.45) is 0. The van der Waals surface area contributed by atoms with Crippen LogP contribution in [0.1, 0.15) is 22.3 Å². The zero-order valence-corrected chi connectivity index (χ0v) is 12.6. The summed E-state index contributed by atoms with van der Waals surface area (Å²) in [5.41, 5.74) is 4.40. The molecule has 3 heteroatoms. The Kier molecular flexibility index (Phi) is 4.59. The molecule has 2 rings (SSSR count). The van der Waals surface area contributed by atoms with Crippen LogP contribution in [0.5, 0.6) is 5.75 Å². The van der Waals surface area contributed by atoms with Gasteiger partial charge in [-0.15, -0.1) is 0 Å². The summed E-state index contributed by atoms with van der Waals surface area (Å²) in [6.45, 7) is 4.62. The summed E-state index contributed by atoms with van der Waals surface area (Å²) in [7, 11) is 0. The molecule has 0 aromatic heterocycles. The van der Waals surface area contributed by atoms with Crippen LogP contribution < -0.4 is 4.74 Å². The van der Waals surface area contributed by atoms with Gasteiger partial charge in [0.25, 0.3) is 0 Å². The lowest BCUT2D eigenvalue weighted by molar-refractivity contribution is 0.302. The molecule has 0 atom stereocenters. The van der Waals surface area contributed by atoms with Gasteiger partial charge in [-0.05, 0) is 43.2 Å². The third-order valence-corrected chi connectivity index (χ3v) is 3.66. The van der Waals surface area contributed by atoms with Crippen molar-refractivity contribution in [1.82, 2.24) is 0 Å². The quantitative estimate of drug-likeness (QED) is 0.726. The number of benzene rings is 2. The summed E-state index contributed by atoms with van der Waals surface area (Å²) in [4.78, 5) is 0. The molecule has 0 unspecified atom stereocenters. The highest BCUT2D eigenvalue weighted by atomic mass is 79.9. The SMILES string of the molecule is Cc1ccc(C)c(COc2ccc(F)cc2CBr)c1. The molecule has 100 valence electrons. The molecule has 0 amide bonds. The minimum absolute atomic E-state index is 0.242. The molecule has 0 saturated carbocycles. The monoisotopic (exact) mass is 322 g/mol. The predicted molar refractivity (Wildman–Crippen MR) is 79.3 cm³/mol. The van der Waals surface area contributed by atoms with E-state index in [0.29, 0.717) is 11.9 Å². The Hall–Kier alpha value is -1.35. The van der Waals surface area contributed by atoms with Gasteiger partial charge in [0.2, 0.25) is 0 Å². The third kappa shape index (κ3) is 3.57. The summed E-state index contributed by atoms with van der Waals surface area (Å²) < 4.78 is 18.9. The van der Waals surface area contributed by atoms with E-state index in [4.69, 9.17) is 4.74 Å². The highest BCUT2D eigenvalue weighted by Crippen LogP contribution is 2.24. The van der Waals surface area contributed by atoms with E-state index in [9.17, 15) is 4.39 Å². The van der Waals surface area contributed by atoms with Crippen molar-refractivity contribution in [2.75, 3.05) is 0 Å². The predicted octanol–water partition coefficient (Wildman–Crippen LogP) is 4.92. The second-order valence-electron chi connectivity index (χ2n) is 4.60. The molecule has 0 fully saturated rings. The summed E-state index contributed by atoms with van der Waals surface area (Å²) in [6, 6.07) is 10.9. The molecule has 0 heterocycles. The Morgan fingerprint density at radius 3 is 2.58 bits per heavy atom. The minimum Gasteiger partial charge on any atom is -0.489 e.